The molecule has 0 unspecified atom stereocenters. The van der Waals surface area contributed by atoms with Gasteiger partial charge in [0.1, 0.15) is 0 Å². The highest BCUT2D eigenvalue weighted by Crippen LogP contribution is 2.29. The minimum absolute atomic E-state index is 0.154. The molecule has 0 saturated carbocycles. The number of anilines is 1. The number of carbonyl (C=O) groups is 1. The maximum Gasteiger partial charge on any atom is 0.225 e. The van der Waals surface area contributed by atoms with E-state index in [0.29, 0.717) is 5.92 Å². The zero-order chi connectivity index (χ0) is 14.0. The highest BCUT2D eigenvalue weighted by molar-refractivity contribution is 14.1. The van der Waals surface area contributed by atoms with Gasteiger partial charge < -0.3 is 9.80 Å². The highest BCUT2D eigenvalue weighted by Gasteiger charge is 2.26. The summed E-state index contributed by atoms with van der Waals surface area (Å²) in [6.07, 6.45) is 4.00. The minimum Gasteiger partial charge on any atom is -0.347 e. The van der Waals surface area contributed by atoms with Crippen molar-refractivity contribution >= 4 is 34.4 Å². The fraction of sp³-hybridized carbons (Fsp3) is 0.615. The van der Waals surface area contributed by atoms with Crippen LogP contribution >= 0.6 is 22.6 Å². The number of likely N-dealkylation sites (tertiary alicyclic amines) is 1. The highest BCUT2D eigenvalue weighted by atomic mass is 127. The SMILES string of the molecule is CC(=O)N1CCC[C@@H](c2nc(N(C)C)ncc2I)C1. The first-order chi connectivity index (χ1) is 8.99. The van der Waals surface area contributed by atoms with Crippen molar-refractivity contribution in [1.29, 1.82) is 0 Å². The Kier molecular flexibility index (Phi) is 4.59. The number of carbonyl (C=O) groups excluding carboxylic acids is 1. The molecule has 0 radical (unpaired) electrons. The summed E-state index contributed by atoms with van der Waals surface area (Å²) in [5.74, 6) is 1.21. The maximum atomic E-state index is 11.5. The van der Waals surface area contributed by atoms with E-state index in [1.165, 1.54) is 0 Å². The molecule has 1 atom stereocenters. The van der Waals surface area contributed by atoms with Crippen molar-refractivity contribution in [3.8, 4) is 0 Å². The van der Waals surface area contributed by atoms with E-state index in [4.69, 9.17) is 0 Å². The number of rotatable bonds is 2. The summed E-state index contributed by atoms with van der Waals surface area (Å²) in [6, 6.07) is 0. The lowest BCUT2D eigenvalue weighted by molar-refractivity contribution is -0.130. The van der Waals surface area contributed by atoms with Crippen molar-refractivity contribution in [2.75, 3.05) is 32.1 Å². The van der Waals surface area contributed by atoms with Gasteiger partial charge in [-0.3, -0.25) is 4.79 Å². The molecule has 1 aliphatic rings. The molecule has 1 fully saturated rings. The molecule has 5 nitrogen and oxygen atoms in total. The van der Waals surface area contributed by atoms with Crippen LogP contribution in [0.15, 0.2) is 6.20 Å². The minimum atomic E-state index is 0.154. The number of nitrogens with zero attached hydrogens (tertiary/aromatic N) is 4. The first-order valence-corrected chi connectivity index (χ1v) is 7.52. The summed E-state index contributed by atoms with van der Waals surface area (Å²) in [5.41, 5.74) is 1.07. The lowest BCUT2D eigenvalue weighted by atomic mass is 9.94. The van der Waals surface area contributed by atoms with E-state index in [1.54, 1.807) is 6.92 Å². The van der Waals surface area contributed by atoms with Crippen LogP contribution in [0.5, 0.6) is 0 Å². The fourth-order valence-corrected chi connectivity index (χ4v) is 3.06. The topological polar surface area (TPSA) is 49.3 Å². The fourth-order valence-electron chi connectivity index (χ4n) is 2.36. The van der Waals surface area contributed by atoms with Crippen LogP contribution in [0.25, 0.3) is 0 Å². The predicted molar refractivity (Wildman–Crippen MR) is 83.3 cm³/mol. The normalized spacial score (nSPS) is 19.4. The summed E-state index contributed by atoms with van der Waals surface area (Å²) in [7, 11) is 3.88. The molecule has 0 bridgehead atoms. The molecular weight excluding hydrogens is 355 g/mol. The van der Waals surface area contributed by atoms with E-state index in [0.717, 1.165) is 41.1 Å². The smallest absolute Gasteiger partial charge is 0.225 e. The van der Waals surface area contributed by atoms with Crippen molar-refractivity contribution in [2.45, 2.75) is 25.7 Å². The Hall–Kier alpha value is -0.920. The Morgan fingerprint density at radius 2 is 2.26 bits per heavy atom. The lowest BCUT2D eigenvalue weighted by Gasteiger charge is -2.32. The third-order valence-electron chi connectivity index (χ3n) is 3.41. The van der Waals surface area contributed by atoms with Crippen LogP contribution in [0, 0.1) is 3.57 Å². The van der Waals surface area contributed by atoms with Crippen LogP contribution in [0.3, 0.4) is 0 Å². The molecular formula is C13H19IN4O. The number of amides is 1. The molecule has 2 heterocycles. The predicted octanol–water partition coefficient (Wildman–Crippen LogP) is 1.87. The molecule has 104 valence electrons. The molecule has 0 N–H and O–H groups in total. The monoisotopic (exact) mass is 374 g/mol. The zero-order valence-corrected chi connectivity index (χ0v) is 13.7. The van der Waals surface area contributed by atoms with Gasteiger partial charge in [-0.1, -0.05) is 0 Å². The molecule has 2 rings (SSSR count). The molecule has 19 heavy (non-hydrogen) atoms. The molecule has 0 spiro atoms. The van der Waals surface area contributed by atoms with Gasteiger partial charge in [-0.25, -0.2) is 9.97 Å². The van der Waals surface area contributed by atoms with E-state index in [2.05, 4.69) is 32.6 Å². The van der Waals surface area contributed by atoms with E-state index >= 15 is 0 Å². The van der Waals surface area contributed by atoms with Gasteiger partial charge >= 0.3 is 0 Å². The lowest BCUT2D eigenvalue weighted by Crippen LogP contribution is -2.38. The Bertz CT molecular complexity index is 478. The van der Waals surface area contributed by atoms with Gasteiger partial charge in [0.25, 0.3) is 0 Å². The van der Waals surface area contributed by atoms with Gasteiger partial charge in [0.2, 0.25) is 11.9 Å². The zero-order valence-electron chi connectivity index (χ0n) is 11.6. The molecule has 1 aromatic rings. The number of halogens is 1. The standard InChI is InChI=1S/C13H19IN4O/c1-9(19)18-6-4-5-10(8-18)12-11(14)7-15-13(16-12)17(2)3/h7,10H,4-6,8H2,1-3H3/t10-/m1/s1. The third-order valence-corrected chi connectivity index (χ3v) is 4.24. The van der Waals surface area contributed by atoms with Crippen LogP contribution in [0.1, 0.15) is 31.4 Å². The first kappa shape index (κ1) is 14.5. The summed E-state index contributed by atoms with van der Waals surface area (Å²) in [4.78, 5) is 24.3. The number of aromatic nitrogens is 2. The van der Waals surface area contributed by atoms with Crippen molar-refractivity contribution in [3.63, 3.8) is 0 Å². The molecule has 1 aromatic heterocycles. The summed E-state index contributed by atoms with van der Waals surface area (Å²) >= 11 is 2.28. The van der Waals surface area contributed by atoms with Crippen molar-refractivity contribution in [3.05, 3.63) is 15.5 Å². The van der Waals surface area contributed by atoms with E-state index in [-0.39, 0.29) is 5.91 Å². The van der Waals surface area contributed by atoms with Gasteiger partial charge in [-0.2, -0.15) is 0 Å². The second kappa shape index (κ2) is 6.02. The second-order valence-corrected chi connectivity index (χ2v) is 6.26. The summed E-state index contributed by atoms with van der Waals surface area (Å²) in [5, 5.41) is 0. The van der Waals surface area contributed by atoms with Gasteiger partial charge in [0.15, 0.2) is 0 Å². The van der Waals surface area contributed by atoms with Crippen LogP contribution < -0.4 is 4.90 Å². The second-order valence-electron chi connectivity index (χ2n) is 5.10. The summed E-state index contributed by atoms with van der Waals surface area (Å²) < 4.78 is 1.08. The maximum absolute atomic E-state index is 11.5. The van der Waals surface area contributed by atoms with Gasteiger partial charge in [0.05, 0.1) is 9.26 Å². The van der Waals surface area contributed by atoms with Crippen LogP contribution in [0.2, 0.25) is 0 Å². The molecule has 1 amide bonds. The summed E-state index contributed by atoms with van der Waals surface area (Å²) in [6.45, 7) is 3.28. The molecule has 6 heteroatoms. The number of hydrogen-bond acceptors (Lipinski definition) is 4. The van der Waals surface area contributed by atoms with Crippen LogP contribution in [-0.2, 0) is 4.79 Å². The van der Waals surface area contributed by atoms with E-state index in [1.807, 2.05) is 30.1 Å². The van der Waals surface area contributed by atoms with Crippen molar-refractivity contribution in [2.24, 2.45) is 0 Å². The molecule has 0 aromatic carbocycles. The Balaban J connectivity index is 2.25. The molecule has 1 saturated heterocycles. The number of hydrogen-bond donors (Lipinski definition) is 0. The van der Waals surface area contributed by atoms with Crippen LogP contribution in [0.4, 0.5) is 5.95 Å². The quantitative estimate of drug-likeness (QED) is 0.742. The Morgan fingerprint density at radius 3 is 2.89 bits per heavy atom. The first-order valence-electron chi connectivity index (χ1n) is 6.44. The average molecular weight is 374 g/mol. The van der Waals surface area contributed by atoms with E-state index in [9.17, 15) is 4.79 Å². The van der Waals surface area contributed by atoms with Gasteiger partial charge in [0, 0.05) is 46.2 Å². The van der Waals surface area contributed by atoms with Gasteiger partial charge in [-0.15, -0.1) is 0 Å². The van der Waals surface area contributed by atoms with Gasteiger partial charge in [-0.05, 0) is 35.4 Å². The molecule has 1 aliphatic heterocycles. The van der Waals surface area contributed by atoms with Crippen molar-refractivity contribution in [1.82, 2.24) is 14.9 Å². The average Bonchev–Trinajstić information content (AvgIpc) is 2.39. The number of piperidine rings is 1. The molecule has 0 aliphatic carbocycles. The Morgan fingerprint density at radius 1 is 1.53 bits per heavy atom. The largest absolute Gasteiger partial charge is 0.347 e. The Labute approximate surface area is 127 Å². The third kappa shape index (κ3) is 3.34. The van der Waals surface area contributed by atoms with Crippen molar-refractivity contribution < 1.29 is 4.79 Å². The van der Waals surface area contributed by atoms with Crippen LogP contribution in [-0.4, -0.2) is 48.0 Å². The van der Waals surface area contributed by atoms with E-state index < -0.39 is 0 Å².